The van der Waals surface area contributed by atoms with Gasteiger partial charge in [0.15, 0.2) is 0 Å². The summed E-state index contributed by atoms with van der Waals surface area (Å²) in [6.45, 7) is 7.27. The molecule has 1 heterocycles. The largest absolute Gasteiger partial charge is 0.312 e. The van der Waals surface area contributed by atoms with E-state index in [0.29, 0.717) is 30.5 Å². The molecule has 0 saturated heterocycles. The molecule has 2 rings (SSSR count). The SMILES string of the molecule is CCCCN(CC)S(=O)(=O)c1cc2c(cc1Br)CCN2C(=O)CC. The first-order valence-corrected chi connectivity index (χ1v) is 10.7. The van der Waals surface area contributed by atoms with Crippen LogP contribution in [0.15, 0.2) is 21.5 Å². The van der Waals surface area contributed by atoms with Crippen molar-refractivity contribution in [2.75, 3.05) is 24.5 Å². The van der Waals surface area contributed by atoms with Gasteiger partial charge in [-0.3, -0.25) is 4.79 Å². The Morgan fingerprint density at radius 1 is 1.29 bits per heavy atom. The van der Waals surface area contributed by atoms with E-state index in [1.54, 1.807) is 11.0 Å². The van der Waals surface area contributed by atoms with Crippen molar-refractivity contribution in [1.29, 1.82) is 0 Å². The Kier molecular flexibility index (Phi) is 6.45. The van der Waals surface area contributed by atoms with Gasteiger partial charge in [-0.2, -0.15) is 4.31 Å². The van der Waals surface area contributed by atoms with E-state index in [4.69, 9.17) is 0 Å². The van der Waals surface area contributed by atoms with Gasteiger partial charge in [-0.15, -0.1) is 0 Å². The lowest BCUT2D eigenvalue weighted by molar-refractivity contribution is -0.118. The van der Waals surface area contributed by atoms with Gasteiger partial charge in [0.1, 0.15) is 0 Å². The molecular formula is C17H25BrN2O3S. The maximum atomic E-state index is 13.0. The summed E-state index contributed by atoms with van der Waals surface area (Å²) in [6, 6.07) is 3.50. The van der Waals surface area contributed by atoms with Gasteiger partial charge in [0.25, 0.3) is 0 Å². The molecule has 134 valence electrons. The van der Waals surface area contributed by atoms with Gasteiger partial charge in [0.2, 0.25) is 15.9 Å². The van der Waals surface area contributed by atoms with Crippen LogP contribution in [0.2, 0.25) is 0 Å². The molecule has 0 saturated carbocycles. The maximum Gasteiger partial charge on any atom is 0.244 e. The minimum absolute atomic E-state index is 0.0257. The molecule has 1 aliphatic rings. The van der Waals surface area contributed by atoms with Crippen LogP contribution in [-0.4, -0.2) is 38.3 Å². The van der Waals surface area contributed by atoms with Gasteiger partial charge in [0.05, 0.1) is 4.90 Å². The molecule has 1 aromatic carbocycles. The molecule has 5 nitrogen and oxygen atoms in total. The molecule has 0 bridgehead atoms. The number of halogens is 1. The van der Waals surface area contributed by atoms with E-state index < -0.39 is 10.0 Å². The second-order valence-electron chi connectivity index (χ2n) is 5.91. The Hall–Kier alpha value is -0.920. The number of hydrogen-bond acceptors (Lipinski definition) is 3. The zero-order valence-corrected chi connectivity index (χ0v) is 16.9. The zero-order chi connectivity index (χ0) is 17.9. The lowest BCUT2D eigenvalue weighted by Gasteiger charge is -2.23. The van der Waals surface area contributed by atoms with Crippen molar-refractivity contribution in [1.82, 2.24) is 4.31 Å². The summed E-state index contributed by atoms with van der Waals surface area (Å²) >= 11 is 3.42. The Bertz CT molecular complexity index is 719. The summed E-state index contributed by atoms with van der Waals surface area (Å²) in [7, 11) is -3.58. The lowest BCUT2D eigenvalue weighted by atomic mass is 10.2. The first kappa shape index (κ1) is 19.4. The molecular weight excluding hydrogens is 392 g/mol. The van der Waals surface area contributed by atoms with Crippen LogP contribution in [0.25, 0.3) is 0 Å². The average Bonchev–Trinajstić information content (AvgIpc) is 2.96. The van der Waals surface area contributed by atoms with Crippen molar-refractivity contribution in [3.8, 4) is 0 Å². The Morgan fingerprint density at radius 3 is 2.58 bits per heavy atom. The van der Waals surface area contributed by atoms with Gasteiger partial charge in [-0.25, -0.2) is 8.42 Å². The highest BCUT2D eigenvalue weighted by Crippen LogP contribution is 2.36. The number of anilines is 1. The molecule has 1 aliphatic heterocycles. The summed E-state index contributed by atoms with van der Waals surface area (Å²) in [6.07, 6.45) is 2.94. The third-order valence-electron chi connectivity index (χ3n) is 4.36. The van der Waals surface area contributed by atoms with Crippen molar-refractivity contribution < 1.29 is 13.2 Å². The number of sulfonamides is 1. The van der Waals surface area contributed by atoms with Crippen molar-refractivity contribution in [3.63, 3.8) is 0 Å². The van der Waals surface area contributed by atoms with Crippen molar-refractivity contribution in [2.45, 2.75) is 51.3 Å². The topological polar surface area (TPSA) is 57.7 Å². The normalized spacial score (nSPS) is 14.3. The number of carbonyl (C=O) groups excluding carboxylic acids is 1. The van der Waals surface area contributed by atoms with Crippen LogP contribution in [0.1, 0.15) is 45.6 Å². The summed E-state index contributed by atoms with van der Waals surface area (Å²) in [4.78, 5) is 14.1. The van der Waals surface area contributed by atoms with E-state index in [1.165, 1.54) is 4.31 Å². The van der Waals surface area contributed by atoms with Crippen LogP contribution in [0, 0.1) is 0 Å². The standard InChI is InChI=1S/C17H25BrN2O3S/c1-4-7-9-19(6-3)24(22,23)16-12-15-13(11-14(16)18)8-10-20(15)17(21)5-2/h11-12H,4-10H2,1-3H3. The van der Waals surface area contributed by atoms with E-state index in [-0.39, 0.29) is 10.8 Å². The van der Waals surface area contributed by atoms with Gasteiger partial charge in [-0.05, 0) is 46.5 Å². The minimum atomic E-state index is -3.58. The highest BCUT2D eigenvalue weighted by atomic mass is 79.9. The second-order valence-corrected chi connectivity index (χ2v) is 8.67. The molecule has 0 aliphatic carbocycles. The number of benzene rings is 1. The molecule has 7 heteroatoms. The predicted molar refractivity (Wildman–Crippen MR) is 99.8 cm³/mol. The number of unbranched alkanes of at least 4 members (excludes halogenated alkanes) is 1. The van der Waals surface area contributed by atoms with E-state index in [9.17, 15) is 13.2 Å². The fourth-order valence-electron chi connectivity index (χ4n) is 2.96. The summed E-state index contributed by atoms with van der Waals surface area (Å²) in [5, 5.41) is 0. The molecule has 0 spiro atoms. The monoisotopic (exact) mass is 416 g/mol. The molecule has 0 aromatic heterocycles. The highest BCUT2D eigenvalue weighted by Gasteiger charge is 2.30. The van der Waals surface area contributed by atoms with E-state index in [0.717, 1.165) is 30.5 Å². The molecule has 0 atom stereocenters. The fourth-order valence-corrected chi connectivity index (χ4v) is 5.52. The van der Waals surface area contributed by atoms with Gasteiger partial charge in [0, 0.05) is 36.2 Å². The van der Waals surface area contributed by atoms with Crippen LogP contribution in [0.5, 0.6) is 0 Å². The second kappa shape index (κ2) is 7.97. The number of rotatable bonds is 7. The number of hydrogen-bond donors (Lipinski definition) is 0. The summed E-state index contributed by atoms with van der Waals surface area (Å²) in [5.41, 5.74) is 1.74. The van der Waals surface area contributed by atoms with E-state index in [2.05, 4.69) is 15.9 Å². The molecule has 0 fully saturated rings. The van der Waals surface area contributed by atoms with Crippen LogP contribution in [0.4, 0.5) is 5.69 Å². The van der Waals surface area contributed by atoms with Crippen LogP contribution < -0.4 is 4.90 Å². The molecule has 24 heavy (non-hydrogen) atoms. The Morgan fingerprint density at radius 2 is 2.00 bits per heavy atom. The minimum Gasteiger partial charge on any atom is -0.312 e. The van der Waals surface area contributed by atoms with Gasteiger partial charge in [-0.1, -0.05) is 27.2 Å². The van der Waals surface area contributed by atoms with Crippen molar-refractivity contribution >= 4 is 37.5 Å². The lowest BCUT2D eigenvalue weighted by Crippen LogP contribution is -2.32. The predicted octanol–water partition coefficient (Wildman–Crippen LogP) is 3.56. The summed E-state index contributed by atoms with van der Waals surface area (Å²) < 4.78 is 28.1. The number of carbonyl (C=O) groups is 1. The van der Waals surface area contributed by atoms with E-state index in [1.807, 2.05) is 26.8 Å². The molecule has 1 aromatic rings. The first-order chi connectivity index (χ1) is 11.4. The number of amides is 1. The fraction of sp³-hybridized carbons (Fsp3) is 0.588. The van der Waals surface area contributed by atoms with Crippen LogP contribution in [-0.2, 0) is 21.2 Å². The Labute approximate surface area is 153 Å². The molecule has 1 amide bonds. The first-order valence-electron chi connectivity index (χ1n) is 8.49. The quantitative estimate of drug-likeness (QED) is 0.682. The highest BCUT2D eigenvalue weighted by molar-refractivity contribution is 9.10. The average molecular weight is 417 g/mol. The van der Waals surface area contributed by atoms with Gasteiger partial charge < -0.3 is 4.90 Å². The third kappa shape index (κ3) is 3.68. The Balaban J connectivity index is 2.46. The van der Waals surface area contributed by atoms with Crippen LogP contribution >= 0.6 is 15.9 Å². The molecule has 0 radical (unpaired) electrons. The number of nitrogens with zero attached hydrogens (tertiary/aromatic N) is 2. The van der Waals surface area contributed by atoms with Gasteiger partial charge >= 0.3 is 0 Å². The van der Waals surface area contributed by atoms with Crippen molar-refractivity contribution in [3.05, 3.63) is 22.2 Å². The zero-order valence-electron chi connectivity index (χ0n) is 14.5. The molecule has 0 unspecified atom stereocenters. The third-order valence-corrected chi connectivity index (χ3v) is 7.30. The molecule has 0 N–H and O–H groups in total. The van der Waals surface area contributed by atoms with E-state index >= 15 is 0 Å². The maximum absolute atomic E-state index is 13.0. The van der Waals surface area contributed by atoms with Crippen molar-refractivity contribution in [2.24, 2.45) is 0 Å². The summed E-state index contributed by atoms with van der Waals surface area (Å²) in [5.74, 6) is 0.0257. The smallest absolute Gasteiger partial charge is 0.244 e. The van der Waals surface area contributed by atoms with Crippen LogP contribution in [0.3, 0.4) is 0 Å². The number of fused-ring (bicyclic) bond motifs is 1.